The summed E-state index contributed by atoms with van der Waals surface area (Å²) in [5, 5.41) is 9.18. The second kappa shape index (κ2) is 11.6. The Labute approximate surface area is 211 Å². The summed E-state index contributed by atoms with van der Waals surface area (Å²) >= 11 is 0. The van der Waals surface area contributed by atoms with Crippen molar-refractivity contribution in [3.63, 3.8) is 0 Å². The third-order valence-electron chi connectivity index (χ3n) is 7.25. The highest BCUT2D eigenvalue weighted by molar-refractivity contribution is 7.91. The molecule has 0 atom stereocenters. The maximum Gasteiger partial charge on any atom is 0.335 e. The normalized spacial score (nSPS) is 17.0. The van der Waals surface area contributed by atoms with E-state index in [4.69, 9.17) is 0 Å². The van der Waals surface area contributed by atoms with Gasteiger partial charge >= 0.3 is 5.97 Å². The molecule has 0 saturated heterocycles. The predicted molar refractivity (Wildman–Crippen MR) is 145 cm³/mol. The van der Waals surface area contributed by atoms with Crippen LogP contribution in [0.2, 0.25) is 0 Å². The van der Waals surface area contributed by atoms with Crippen molar-refractivity contribution in [1.29, 1.82) is 0 Å². The Morgan fingerprint density at radius 2 is 1.69 bits per heavy atom. The van der Waals surface area contributed by atoms with E-state index in [1.54, 1.807) is 12.1 Å². The lowest BCUT2D eigenvalue weighted by molar-refractivity contribution is 0.0697. The third kappa shape index (κ3) is 6.84. The van der Waals surface area contributed by atoms with Crippen LogP contribution in [0.15, 0.2) is 41.3 Å². The molecule has 1 heterocycles. The number of unbranched alkanes of at least 4 members (excludes halogenated alkanes) is 5. The van der Waals surface area contributed by atoms with Crippen molar-refractivity contribution in [3.8, 4) is 0 Å². The molecule has 1 aliphatic heterocycles. The van der Waals surface area contributed by atoms with Crippen molar-refractivity contribution in [2.45, 2.75) is 95.8 Å². The first kappa shape index (κ1) is 27.2. The van der Waals surface area contributed by atoms with E-state index < -0.39 is 15.8 Å². The number of hydrogen-bond acceptors (Lipinski definition) is 3. The van der Waals surface area contributed by atoms with Crippen LogP contribution in [0.4, 0.5) is 0 Å². The maximum atomic E-state index is 13.2. The topological polar surface area (TPSA) is 71.4 Å². The van der Waals surface area contributed by atoms with Gasteiger partial charge in [0.25, 0.3) is 0 Å². The van der Waals surface area contributed by atoms with Gasteiger partial charge in [0.1, 0.15) is 0 Å². The van der Waals surface area contributed by atoms with Gasteiger partial charge in [-0.05, 0) is 90.1 Å². The summed E-state index contributed by atoms with van der Waals surface area (Å²) in [6, 6.07) is 11.0. The Morgan fingerprint density at radius 1 is 1.03 bits per heavy atom. The molecule has 5 heteroatoms. The third-order valence-corrected chi connectivity index (χ3v) is 9.08. The highest BCUT2D eigenvalue weighted by Gasteiger charge is 2.33. The number of carboxylic acid groups (broad SMARTS) is 1. The summed E-state index contributed by atoms with van der Waals surface area (Å²) in [7, 11) is -3.30. The molecule has 0 spiro atoms. The fourth-order valence-corrected chi connectivity index (χ4v) is 6.81. The maximum absolute atomic E-state index is 13.2. The number of rotatable bonds is 10. The lowest BCUT2D eigenvalue weighted by Crippen LogP contribution is -2.19. The Morgan fingerprint density at radius 3 is 2.34 bits per heavy atom. The molecule has 1 N–H and O–H groups in total. The number of carbonyl (C=O) groups is 1. The van der Waals surface area contributed by atoms with Crippen molar-refractivity contribution in [2.24, 2.45) is 0 Å². The van der Waals surface area contributed by atoms with Crippen molar-refractivity contribution in [3.05, 3.63) is 64.2 Å². The SMILES string of the molecule is CCCCCCCCc1cc2c(cc1/C(C)=C/c1ccc(C(=O)O)cc1)C(C)(C)CCCS2(=O)=O. The van der Waals surface area contributed by atoms with Crippen LogP contribution >= 0.6 is 0 Å². The largest absolute Gasteiger partial charge is 0.478 e. The quantitative estimate of drug-likeness (QED) is 0.270. The molecule has 0 bridgehead atoms. The molecule has 2 aromatic rings. The van der Waals surface area contributed by atoms with E-state index in [1.165, 1.54) is 25.7 Å². The first-order chi connectivity index (χ1) is 16.5. The standard InChI is InChI=1S/C30H40O4S/c1-5-6-7-8-9-10-12-25-20-28-27(30(3,4)17-11-18-35(28,33)34)21-26(25)22(2)19-23-13-15-24(16-14-23)29(31)32/h13-16,19-21H,5-12,17-18H2,1-4H3,(H,31,32)/b22-19+. The van der Waals surface area contributed by atoms with Gasteiger partial charge in [-0.3, -0.25) is 0 Å². The fourth-order valence-electron chi connectivity index (χ4n) is 5.08. The summed E-state index contributed by atoms with van der Waals surface area (Å²) in [6.07, 6.45) is 11.6. The lowest BCUT2D eigenvalue weighted by atomic mass is 9.78. The highest BCUT2D eigenvalue weighted by atomic mass is 32.2. The average Bonchev–Trinajstić information content (AvgIpc) is 2.89. The smallest absolute Gasteiger partial charge is 0.335 e. The molecular formula is C30H40O4S. The first-order valence-electron chi connectivity index (χ1n) is 13.0. The molecule has 0 amide bonds. The van der Waals surface area contributed by atoms with Gasteiger partial charge in [0, 0.05) is 0 Å². The van der Waals surface area contributed by atoms with Gasteiger partial charge in [-0.15, -0.1) is 0 Å². The van der Waals surface area contributed by atoms with E-state index in [0.29, 0.717) is 11.3 Å². The van der Waals surface area contributed by atoms with Crippen LogP contribution in [0.1, 0.15) is 112 Å². The number of carboxylic acids is 1. The average molecular weight is 497 g/mol. The van der Waals surface area contributed by atoms with Crippen LogP contribution in [-0.2, 0) is 21.7 Å². The minimum Gasteiger partial charge on any atom is -0.478 e. The van der Waals surface area contributed by atoms with Crippen molar-refractivity contribution in [2.75, 3.05) is 5.75 Å². The monoisotopic (exact) mass is 496 g/mol. The summed E-state index contributed by atoms with van der Waals surface area (Å²) < 4.78 is 26.4. The van der Waals surface area contributed by atoms with Crippen LogP contribution in [0.5, 0.6) is 0 Å². The summed E-state index contributed by atoms with van der Waals surface area (Å²) in [6.45, 7) is 8.57. The van der Waals surface area contributed by atoms with E-state index in [2.05, 4.69) is 39.8 Å². The zero-order valence-electron chi connectivity index (χ0n) is 21.7. The second-order valence-electron chi connectivity index (χ2n) is 10.6. The summed E-state index contributed by atoms with van der Waals surface area (Å²) in [5.41, 5.74) is 5.16. The van der Waals surface area contributed by atoms with E-state index in [0.717, 1.165) is 53.5 Å². The number of allylic oxidation sites excluding steroid dienone is 1. The zero-order chi connectivity index (χ0) is 25.6. The minimum absolute atomic E-state index is 0.212. The van der Waals surface area contributed by atoms with E-state index in [-0.39, 0.29) is 16.7 Å². The Hall–Kier alpha value is -2.40. The van der Waals surface area contributed by atoms with Crippen LogP contribution in [-0.4, -0.2) is 25.2 Å². The number of sulfone groups is 1. The van der Waals surface area contributed by atoms with Crippen LogP contribution in [0, 0.1) is 0 Å². The molecule has 35 heavy (non-hydrogen) atoms. The number of benzene rings is 2. The van der Waals surface area contributed by atoms with E-state index >= 15 is 0 Å². The molecule has 2 aromatic carbocycles. The zero-order valence-corrected chi connectivity index (χ0v) is 22.5. The highest BCUT2D eigenvalue weighted by Crippen LogP contribution is 2.40. The van der Waals surface area contributed by atoms with Gasteiger partial charge in [-0.1, -0.05) is 71.1 Å². The predicted octanol–water partition coefficient (Wildman–Crippen LogP) is 7.69. The van der Waals surface area contributed by atoms with E-state index in [1.807, 2.05) is 18.2 Å². The molecule has 0 saturated carbocycles. The molecule has 0 unspecified atom stereocenters. The van der Waals surface area contributed by atoms with E-state index in [9.17, 15) is 18.3 Å². The Bertz CT molecular complexity index is 1170. The fraction of sp³-hybridized carbons (Fsp3) is 0.500. The number of fused-ring (bicyclic) bond motifs is 1. The lowest BCUT2D eigenvalue weighted by Gasteiger charge is -2.27. The Kier molecular flexibility index (Phi) is 8.98. The number of hydrogen-bond donors (Lipinski definition) is 1. The first-order valence-corrected chi connectivity index (χ1v) is 14.6. The van der Waals surface area contributed by atoms with Gasteiger partial charge in [0.05, 0.1) is 16.2 Å². The molecule has 0 fully saturated rings. The van der Waals surface area contributed by atoms with Gasteiger partial charge in [-0.2, -0.15) is 0 Å². The van der Waals surface area contributed by atoms with Crippen LogP contribution < -0.4 is 0 Å². The van der Waals surface area contributed by atoms with Crippen molar-refractivity contribution >= 4 is 27.5 Å². The molecule has 190 valence electrons. The van der Waals surface area contributed by atoms with Crippen molar-refractivity contribution in [1.82, 2.24) is 0 Å². The molecular weight excluding hydrogens is 456 g/mol. The number of aromatic carboxylic acids is 1. The molecule has 3 rings (SSSR count). The Balaban J connectivity index is 2.03. The van der Waals surface area contributed by atoms with Crippen LogP contribution in [0.3, 0.4) is 0 Å². The molecule has 0 radical (unpaired) electrons. The van der Waals surface area contributed by atoms with Gasteiger partial charge < -0.3 is 5.11 Å². The molecule has 0 aliphatic carbocycles. The van der Waals surface area contributed by atoms with Crippen LogP contribution in [0.25, 0.3) is 11.6 Å². The second-order valence-corrected chi connectivity index (χ2v) is 12.7. The number of aryl methyl sites for hydroxylation is 1. The minimum atomic E-state index is -3.30. The summed E-state index contributed by atoms with van der Waals surface area (Å²) in [4.78, 5) is 11.7. The van der Waals surface area contributed by atoms with Gasteiger partial charge in [-0.25, -0.2) is 13.2 Å². The summed E-state index contributed by atoms with van der Waals surface area (Å²) in [5.74, 6) is -0.725. The van der Waals surface area contributed by atoms with Gasteiger partial charge in [0.15, 0.2) is 9.84 Å². The van der Waals surface area contributed by atoms with Gasteiger partial charge in [0.2, 0.25) is 0 Å². The molecule has 0 aromatic heterocycles. The molecule has 4 nitrogen and oxygen atoms in total. The van der Waals surface area contributed by atoms with Crippen molar-refractivity contribution < 1.29 is 18.3 Å². The molecule has 1 aliphatic rings.